The first-order valence-electron chi connectivity index (χ1n) is 8.63. The lowest BCUT2D eigenvalue weighted by Gasteiger charge is -2.23. The van der Waals surface area contributed by atoms with Gasteiger partial charge in [-0.05, 0) is 41.9 Å². The Morgan fingerprint density at radius 3 is 1.89 bits per heavy atom. The van der Waals surface area contributed by atoms with E-state index in [1.165, 1.54) is 0 Å². The third kappa shape index (κ3) is 7.69. The van der Waals surface area contributed by atoms with Gasteiger partial charge in [0, 0.05) is 0 Å². The van der Waals surface area contributed by atoms with Crippen molar-refractivity contribution in [2.45, 2.75) is 65.1 Å². The normalized spacial score (nSPS) is 23.1. The maximum atomic E-state index is 12.6. The Morgan fingerprint density at radius 1 is 1.07 bits per heavy atom. The van der Waals surface area contributed by atoms with Crippen LogP contribution in [0.2, 0.25) is 0 Å². The predicted octanol–water partition coefficient (Wildman–Crippen LogP) is 6.24. The summed E-state index contributed by atoms with van der Waals surface area (Å²) in [6, 6.07) is 5.37. The summed E-state index contributed by atoms with van der Waals surface area (Å²) in [5.74, 6) is -2.43. The van der Waals surface area contributed by atoms with Crippen LogP contribution in [0.3, 0.4) is 0 Å². The minimum atomic E-state index is -5.08. The highest BCUT2D eigenvalue weighted by Gasteiger charge is 2.38. The largest absolute Gasteiger partial charge is 0.490 e. The molecule has 1 heterocycles. The molecule has 160 valence electrons. The zero-order valence-electron chi connectivity index (χ0n) is 16.0. The van der Waals surface area contributed by atoms with Crippen molar-refractivity contribution in [2.75, 3.05) is 0 Å². The van der Waals surface area contributed by atoms with Crippen molar-refractivity contribution in [3.05, 3.63) is 35.4 Å². The Bertz CT molecular complexity index is 644. The fraction of sp³-hybridized carbons (Fsp3) is 0.632. The van der Waals surface area contributed by atoms with Crippen LogP contribution in [0, 0.1) is 11.3 Å². The molecule has 28 heavy (non-hydrogen) atoms. The zero-order chi connectivity index (χ0) is 21.9. The van der Waals surface area contributed by atoms with Gasteiger partial charge in [0.15, 0.2) is 0 Å². The standard InChI is InChI=1S/C17H23F3O.C2HF3O2/c1-11-9-14(10-16(2,3)4)21-15(11)12-5-7-13(8-6-12)17(18,19)20;3-2(4,5)1(6)7/h5-8,11,14-15H,9-10H2,1-4H3;(H,6,7)/t11-,14+,15-;/m1./s1. The van der Waals surface area contributed by atoms with Gasteiger partial charge in [0.1, 0.15) is 0 Å². The molecule has 1 aliphatic heterocycles. The van der Waals surface area contributed by atoms with Gasteiger partial charge in [-0.2, -0.15) is 26.3 Å². The Kier molecular flexibility index (Phi) is 7.55. The predicted molar refractivity (Wildman–Crippen MR) is 90.6 cm³/mol. The summed E-state index contributed by atoms with van der Waals surface area (Å²) in [6.45, 7) is 8.62. The maximum absolute atomic E-state index is 12.6. The van der Waals surface area contributed by atoms with Crippen LogP contribution in [0.5, 0.6) is 0 Å². The van der Waals surface area contributed by atoms with Crippen LogP contribution < -0.4 is 0 Å². The highest BCUT2D eigenvalue weighted by molar-refractivity contribution is 5.73. The van der Waals surface area contributed by atoms with Gasteiger partial charge >= 0.3 is 18.3 Å². The molecule has 0 spiro atoms. The lowest BCUT2D eigenvalue weighted by molar-refractivity contribution is -0.192. The summed E-state index contributed by atoms with van der Waals surface area (Å²) >= 11 is 0. The highest BCUT2D eigenvalue weighted by atomic mass is 19.4. The monoisotopic (exact) mass is 414 g/mol. The van der Waals surface area contributed by atoms with Crippen LogP contribution in [0.4, 0.5) is 26.3 Å². The second kappa shape index (κ2) is 8.71. The van der Waals surface area contributed by atoms with Crippen molar-refractivity contribution in [1.29, 1.82) is 0 Å². The molecule has 0 amide bonds. The Labute approximate surface area is 159 Å². The number of hydrogen-bond donors (Lipinski definition) is 1. The van der Waals surface area contributed by atoms with Gasteiger partial charge in [-0.25, -0.2) is 4.79 Å². The second-order valence-corrected chi connectivity index (χ2v) is 8.08. The van der Waals surface area contributed by atoms with Gasteiger partial charge < -0.3 is 9.84 Å². The number of alkyl halides is 6. The molecule has 1 aromatic carbocycles. The SMILES string of the molecule is C[C@@H]1C[C@@H](CC(C)(C)C)O[C@H]1c1ccc(C(F)(F)F)cc1.O=C(O)C(F)(F)F. The maximum Gasteiger partial charge on any atom is 0.490 e. The molecule has 2 rings (SSSR count). The molecule has 0 radical (unpaired) electrons. The molecule has 1 saturated heterocycles. The molecule has 9 heteroatoms. The van der Waals surface area contributed by atoms with Gasteiger partial charge in [0.05, 0.1) is 17.8 Å². The van der Waals surface area contributed by atoms with Gasteiger partial charge in [-0.15, -0.1) is 0 Å². The zero-order valence-corrected chi connectivity index (χ0v) is 16.0. The Morgan fingerprint density at radius 2 is 1.54 bits per heavy atom. The van der Waals surface area contributed by atoms with Crippen LogP contribution in [0.15, 0.2) is 24.3 Å². The molecule has 0 aromatic heterocycles. The van der Waals surface area contributed by atoms with E-state index in [4.69, 9.17) is 14.6 Å². The van der Waals surface area contributed by atoms with Crippen molar-refractivity contribution in [2.24, 2.45) is 11.3 Å². The number of carboxylic acid groups (broad SMARTS) is 1. The van der Waals surface area contributed by atoms with E-state index < -0.39 is 23.9 Å². The molecule has 3 atom stereocenters. The van der Waals surface area contributed by atoms with Crippen LogP contribution in [0.1, 0.15) is 57.8 Å². The number of ether oxygens (including phenoxy) is 1. The molecule has 0 aliphatic carbocycles. The van der Waals surface area contributed by atoms with Crippen molar-refractivity contribution >= 4 is 5.97 Å². The number of benzene rings is 1. The smallest absolute Gasteiger partial charge is 0.475 e. The van der Waals surface area contributed by atoms with Crippen LogP contribution in [-0.4, -0.2) is 23.4 Å². The molecular formula is C19H24F6O3. The third-order valence-corrected chi connectivity index (χ3v) is 4.14. The summed E-state index contributed by atoms with van der Waals surface area (Å²) in [4.78, 5) is 8.90. The van der Waals surface area contributed by atoms with E-state index in [0.717, 1.165) is 30.5 Å². The van der Waals surface area contributed by atoms with E-state index in [0.29, 0.717) is 5.92 Å². The van der Waals surface area contributed by atoms with E-state index in [1.807, 2.05) is 0 Å². The van der Waals surface area contributed by atoms with Gasteiger partial charge in [0.25, 0.3) is 0 Å². The topological polar surface area (TPSA) is 46.5 Å². The lowest BCUT2D eigenvalue weighted by atomic mass is 9.86. The highest BCUT2D eigenvalue weighted by Crippen LogP contribution is 2.42. The average Bonchev–Trinajstić information content (AvgIpc) is 2.84. The Hall–Kier alpha value is -1.77. The minimum Gasteiger partial charge on any atom is -0.475 e. The number of carboxylic acids is 1. The first-order valence-corrected chi connectivity index (χ1v) is 8.63. The van der Waals surface area contributed by atoms with Crippen LogP contribution >= 0.6 is 0 Å². The van der Waals surface area contributed by atoms with E-state index >= 15 is 0 Å². The fourth-order valence-corrected chi connectivity index (χ4v) is 3.02. The number of carbonyl (C=O) groups is 1. The number of halogens is 6. The van der Waals surface area contributed by atoms with E-state index in [2.05, 4.69) is 27.7 Å². The van der Waals surface area contributed by atoms with Crippen LogP contribution in [-0.2, 0) is 15.7 Å². The quantitative estimate of drug-likeness (QED) is 0.583. The summed E-state index contributed by atoms with van der Waals surface area (Å²) in [5.41, 5.74) is 0.425. The third-order valence-electron chi connectivity index (χ3n) is 4.14. The first kappa shape index (κ1) is 24.3. The summed E-state index contributed by atoms with van der Waals surface area (Å²) < 4.78 is 75.6. The molecular weight excluding hydrogens is 390 g/mol. The van der Waals surface area contributed by atoms with Crippen LogP contribution in [0.25, 0.3) is 0 Å². The number of rotatable bonds is 2. The van der Waals surface area contributed by atoms with E-state index in [9.17, 15) is 26.3 Å². The summed E-state index contributed by atoms with van der Waals surface area (Å²) in [7, 11) is 0. The molecule has 1 fully saturated rings. The fourth-order valence-electron chi connectivity index (χ4n) is 3.02. The molecule has 0 unspecified atom stereocenters. The average molecular weight is 414 g/mol. The molecule has 1 aromatic rings. The molecule has 1 N–H and O–H groups in total. The molecule has 0 bridgehead atoms. The van der Waals surface area contributed by atoms with E-state index in [1.54, 1.807) is 12.1 Å². The van der Waals surface area contributed by atoms with Crippen molar-refractivity contribution in [3.8, 4) is 0 Å². The van der Waals surface area contributed by atoms with Crippen molar-refractivity contribution < 1.29 is 41.0 Å². The van der Waals surface area contributed by atoms with Crippen molar-refractivity contribution in [1.82, 2.24) is 0 Å². The number of hydrogen-bond acceptors (Lipinski definition) is 2. The van der Waals surface area contributed by atoms with E-state index in [-0.39, 0.29) is 17.6 Å². The second-order valence-electron chi connectivity index (χ2n) is 8.08. The van der Waals surface area contributed by atoms with Crippen molar-refractivity contribution in [3.63, 3.8) is 0 Å². The minimum absolute atomic E-state index is 0.0976. The summed E-state index contributed by atoms with van der Waals surface area (Å²) in [5, 5.41) is 7.12. The summed E-state index contributed by atoms with van der Waals surface area (Å²) in [6.07, 6.45) is -7.35. The lowest BCUT2D eigenvalue weighted by Crippen LogP contribution is -2.21. The number of aliphatic carboxylic acids is 1. The molecule has 3 nitrogen and oxygen atoms in total. The molecule has 0 saturated carbocycles. The van der Waals surface area contributed by atoms with Gasteiger partial charge in [-0.3, -0.25) is 0 Å². The first-order chi connectivity index (χ1) is 12.5. The Balaban J connectivity index is 0.000000480. The molecule has 1 aliphatic rings. The van der Waals surface area contributed by atoms with Gasteiger partial charge in [-0.1, -0.05) is 39.8 Å². The van der Waals surface area contributed by atoms with Gasteiger partial charge in [0.2, 0.25) is 0 Å².